The van der Waals surface area contributed by atoms with Gasteiger partial charge in [0, 0.05) is 31.5 Å². The van der Waals surface area contributed by atoms with Gasteiger partial charge in [0.15, 0.2) is 6.61 Å². The molecule has 4 rings (SSSR count). The fourth-order valence-corrected chi connectivity index (χ4v) is 4.38. The van der Waals surface area contributed by atoms with Crippen molar-refractivity contribution in [1.29, 1.82) is 0 Å². The molecule has 1 aliphatic heterocycles. The first-order valence-electron chi connectivity index (χ1n) is 10.9. The van der Waals surface area contributed by atoms with Crippen LogP contribution in [0, 0.1) is 0 Å². The highest BCUT2D eigenvalue weighted by Gasteiger charge is 2.38. The van der Waals surface area contributed by atoms with E-state index in [9.17, 15) is 14.4 Å². The Hall–Kier alpha value is -3.15. The molecule has 1 N–H and O–H groups in total. The summed E-state index contributed by atoms with van der Waals surface area (Å²) in [5.74, 6) is -0.690. The maximum absolute atomic E-state index is 12.4. The molecule has 2 amide bonds. The minimum Gasteiger partial charge on any atom is -0.452 e. The zero-order valence-electron chi connectivity index (χ0n) is 17.6. The summed E-state index contributed by atoms with van der Waals surface area (Å²) < 4.78 is 5.23. The van der Waals surface area contributed by atoms with Crippen molar-refractivity contribution in [3.8, 4) is 0 Å². The van der Waals surface area contributed by atoms with Crippen molar-refractivity contribution in [3.05, 3.63) is 71.3 Å². The molecular weight excluding hydrogens is 392 g/mol. The van der Waals surface area contributed by atoms with Gasteiger partial charge in [0.25, 0.3) is 5.91 Å². The van der Waals surface area contributed by atoms with Crippen molar-refractivity contribution in [2.24, 2.45) is 0 Å². The van der Waals surface area contributed by atoms with Gasteiger partial charge in [-0.15, -0.1) is 0 Å². The number of hydrogen-bond donors (Lipinski definition) is 1. The SMILES string of the molecule is O=C(COC(=O)c1cccc(CN2CCCC2=O)c1)NCC1(c2ccccc2)CCC1. The molecule has 0 spiro atoms. The minimum absolute atomic E-state index is 0.0116. The Labute approximate surface area is 182 Å². The van der Waals surface area contributed by atoms with Gasteiger partial charge in [-0.25, -0.2) is 4.79 Å². The predicted octanol–water partition coefficient (Wildman–Crippen LogP) is 3.20. The van der Waals surface area contributed by atoms with E-state index in [1.165, 1.54) is 5.56 Å². The van der Waals surface area contributed by atoms with E-state index in [-0.39, 0.29) is 23.8 Å². The van der Waals surface area contributed by atoms with E-state index in [1.807, 2.05) is 24.3 Å². The van der Waals surface area contributed by atoms with E-state index in [2.05, 4.69) is 17.4 Å². The van der Waals surface area contributed by atoms with Gasteiger partial charge in [0.05, 0.1) is 5.56 Å². The van der Waals surface area contributed by atoms with E-state index in [4.69, 9.17) is 4.74 Å². The van der Waals surface area contributed by atoms with Crippen LogP contribution >= 0.6 is 0 Å². The topological polar surface area (TPSA) is 75.7 Å². The van der Waals surface area contributed by atoms with Crippen LogP contribution in [0.25, 0.3) is 0 Å². The van der Waals surface area contributed by atoms with Crippen molar-refractivity contribution in [2.75, 3.05) is 19.7 Å². The molecule has 6 nitrogen and oxygen atoms in total. The van der Waals surface area contributed by atoms with Crippen LogP contribution in [0.1, 0.15) is 53.6 Å². The fourth-order valence-electron chi connectivity index (χ4n) is 4.38. The van der Waals surface area contributed by atoms with Gasteiger partial charge >= 0.3 is 5.97 Å². The number of rotatable bonds is 8. The Balaban J connectivity index is 1.27. The van der Waals surface area contributed by atoms with Gasteiger partial charge in [-0.3, -0.25) is 9.59 Å². The maximum Gasteiger partial charge on any atom is 0.338 e. The van der Waals surface area contributed by atoms with Crippen LogP contribution in [0.15, 0.2) is 54.6 Å². The summed E-state index contributed by atoms with van der Waals surface area (Å²) in [4.78, 5) is 38.3. The number of carbonyl (C=O) groups is 3. The molecule has 6 heteroatoms. The smallest absolute Gasteiger partial charge is 0.338 e. The van der Waals surface area contributed by atoms with E-state index < -0.39 is 5.97 Å². The summed E-state index contributed by atoms with van der Waals surface area (Å²) in [6, 6.07) is 17.3. The number of nitrogens with zero attached hydrogens (tertiary/aromatic N) is 1. The third kappa shape index (κ3) is 4.95. The average Bonchev–Trinajstić information content (AvgIpc) is 3.16. The molecule has 2 aromatic rings. The molecular formula is C25H28N2O4. The van der Waals surface area contributed by atoms with Crippen LogP contribution in [0.2, 0.25) is 0 Å². The normalized spacial score (nSPS) is 17.2. The van der Waals surface area contributed by atoms with Crippen molar-refractivity contribution in [1.82, 2.24) is 10.2 Å². The molecule has 0 atom stereocenters. The van der Waals surface area contributed by atoms with E-state index in [1.54, 1.807) is 23.1 Å². The molecule has 2 aromatic carbocycles. The lowest BCUT2D eigenvalue weighted by Crippen LogP contribution is -2.46. The van der Waals surface area contributed by atoms with Crippen LogP contribution < -0.4 is 5.32 Å². The Morgan fingerprint density at radius 3 is 2.52 bits per heavy atom. The summed E-state index contributed by atoms with van der Waals surface area (Å²) in [6.07, 6.45) is 4.70. The van der Waals surface area contributed by atoms with Gasteiger partial charge in [-0.05, 0) is 42.5 Å². The van der Waals surface area contributed by atoms with E-state index in [0.717, 1.165) is 37.8 Å². The zero-order chi connectivity index (χ0) is 21.7. The maximum atomic E-state index is 12.4. The van der Waals surface area contributed by atoms with Crippen LogP contribution in [0.5, 0.6) is 0 Å². The van der Waals surface area contributed by atoms with Gasteiger partial charge in [-0.2, -0.15) is 0 Å². The van der Waals surface area contributed by atoms with Gasteiger partial charge in [0.2, 0.25) is 5.91 Å². The summed E-state index contributed by atoms with van der Waals surface area (Å²) in [7, 11) is 0. The highest BCUT2D eigenvalue weighted by atomic mass is 16.5. The molecule has 1 saturated carbocycles. The first-order chi connectivity index (χ1) is 15.1. The third-order valence-corrected chi connectivity index (χ3v) is 6.36. The number of carbonyl (C=O) groups excluding carboxylic acids is 3. The molecule has 0 bridgehead atoms. The van der Waals surface area contributed by atoms with Gasteiger partial charge in [-0.1, -0.05) is 48.9 Å². The van der Waals surface area contributed by atoms with Crippen LogP contribution in [0.3, 0.4) is 0 Å². The minimum atomic E-state index is -0.536. The lowest BCUT2D eigenvalue weighted by atomic mass is 9.64. The summed E-state index contributed by atoms with van der Waals surface area (Å²) in [5.41, 5.74) is 2.50. The van der Waals surface area contributed by atoms with Gasteiger partial charge < -0.3 is 15.0 Å². The summed E-state index contributed by atoms with van der Waals surface area (Å²) in [6.45, 7) is 1.48. The van der Waals surface area contributed by atoms with Crippen molar-refractivity contribution < 1.29 is 19.1 Å². The molecule has 0 aromatic heterocycles. The lowest BCUT2D eigenvalue weighted by Gasteiger charge is -2.42. The third-order valence-electron chi connectivity index (χ3n) is 6.36. The average molecular weight is 421 g/mol. The highest BCUT2D eigenvalue weighted by Crippen LogP contribution is 2.43. The predicted molar refractivity (Wildman–Crippen MR) is 116 cm³/mol. The first-order valence-corrected chi connectivity index (χ1v) is 10.9. The number of ether oxygens (including phenoxy) is 1. The highest BCUT2D eigenvalue weighted by molar-refractivity contribution is 5.91. The molecule has 2 aliphatic rings. The quantitative estimate of drug-likeness (QED) is 0.666. The van der Waals surface area contributed by atoms with Crippen molar-refractivity contribution in [2.45, 2.75) is 44.1 Å². The molecule has 162 valence electrons. The molecule has 1 heterocycles. The first kappa shape index (κ1) is 21.1. The second-order valence-electron chi connectivity index (χ2n) is 8.47. The van der Waals surface area contributed by atoms with E-state index in [0.29, 0.717) is 25.1 Å². The lowest BCUT2D eigenvalue weighted by molar-refractivity contribution is -0.128. The molecule has 2 fully saturated rings. The number of esters is 1. The number of benzene rings is 2. The Morgan fingerprint density at radius 2 is 1.84 bits per heavy atom. The molecule has 0 radical (unpaired) electrons. The zero-order valence-corrected chi connectivity index (χ0v) is 17.6. The second-order valence-corrected chi connectivity index (χ2v) is 8.47. The summed E-state index contributed by atoms with van der Waals surface area (Å²) in [5, 5.41) is 2.93. The van der Waals surface area contributed by atoms with E-state index >= 15 is 0 Å². The second kappa shape index (κ2) is 9.33. The largest absolute Gasteiger partial charge is 0.452 e. The number of hydrogen-bond acceptors (Lipinski definition) is 4. The van der Waals surface area contributed by atoms with Crippen LogP contribution in [0.4, 0.5) is 0 Å². The van der Waals surface area contributed by atoms with Gasteiger partial charge in [0.1, 0.15) is 0 Å². The van der Waals surface area contributed by atoms with Crippen LogP contribution in [-0.2, 0) is 26.3 Å². The van der Waals surface area contributed by atoms with Crippen molar-refractivity contribution >= 4 is 17.8 Å². The Bertz CT molecular complexity index is 953. The molecule has 31 heavy (non-hydrogen) atoms. The van der Waals surface area contributed by atoms with Crippen LogP contribution in [-0.4, -0.2) is 42.4 Å². The summed E-state index contributed by atoms with van der Waals surface area (Å²) >= 11 is 0. The molecule has 0 unspecified atom stereocenters. The number of likely N-dealkylation sites (tertiary alicyclic amines) is 1. The standard InChI is InChI=1S/C25H28N2O4/c28-22(26-18-25(12-6-13-25)21-9-2-1-3-10-21)17-31-24(30)20-8-4-7-19(15-20)16-27-14-5-11-23(27)29/h1-4,7-10,15H,5-6,11-14,16-18H2,(H,26,28). The monoisotopic (exact) mass is 420 g/mol. The van der Waals surface area contributed by atoms with Crippen molar-refractivity contribution in [3.63, 3.8) is 0 Å². The Morgan fingerprint density at radius 1 is 1.03 bits per heavy atom. The molecule has 1 aliphatic carbocycles. The Kier molecular flexibility index (Phi) is 6.35. The fraction of sp³-hybridized carbons (Fsp3) is 0.400. The number of nitrogens with one attached hydrogen (secondary N) is 1. The number of amides is 2. The molecule has 1 saturated heterocycles.